The number of aromatic amines is 2. The summed E-state index contributed by atoms with van der Waals surface area (Å²) < 4.78 is 10.8. The van der Waals surface area contributed by atoms with Gasteiger partial charge in [-0.05, 0) is 37.3 Å². The SMILES string of the molecule is COCCOc1ccccc1-c1cc(-c2ccc3n[nH]c(C)c3c2)nc(=O)[nH]1. The minimum Gasteiger partial charge on any atom is -0.490 e. The summed E-state index contributed by atoms with van der Waals surface area (Å²) in [6, 6.07) is 15.2. The van der Waals surface area contributed by atoms with Crippen molar-refractivity contribution in [1.29, 1.82) is 0 Å². The molecular formula is C21H20N4O3. The van der Waals surface area contributed by atoms with Gasteiger partial charge in [0.05, 0.1) is 23.5 Å². The summed E-state index contributed by atoms with van der Waals surface area (Å²) in [5, 5.41) is 8.22. The molecule has 7 heteroatoms. The van der Waals surface area contributed by atoms with E-state index in [-0.39, 0.29) is 0 Å². The van der Waals surface area contributed by atoms with Gasteiger partial charge in [-0.15, -0.1) is 0 Å². The average molecular weight is 376 g/mol. The molecule has 0 fully saturated rings. The van der Waals surface area contributed by atoms with Gasteiger partial charge in [0.1, 0.15) is 12.4 Å². The molecule has 2 aromatic heterocycles. The summed E-state index contributed by atoms with van der Waals surface area (Å²) >= 11 is 0. The van der Waals surface area contributed by atoms with Gasteiger partial charge in [0.2, 0.25) is 0 Å². The number of benzene rings is 2. The predicted octanol–water partition coefficient (Wildman–Crippen LogP) is 3.31. The van der Waals surface area contributed by atoms with Crippen LogP contribution in [0.4, 0.5) is 0 Å². The predicted molar refractivity (Wildman–Crippen MR) is 107 cm³/mol. The lowest BCUT2D eigenvalue weighted by Gasteiger charge is -2.12. The van der Waals surface area contributed by atoms with E-state index < -0.39 is 5.69 Å². The number of hydrogen-bond donors (Lipinski definition) is 2. The normalized spacial score (nSPS) is 11.1. The van der Waals surface area contributed by atoms with Crippen molar-refractivity contribution in [3.05, 3.63) is 64.7 Å². The average Bonchev–Trinajstić information content (AvgIpc) is 3.08. The number of nitrogens with zero attached hydrogens (tertiary/aromatic N) is 2. The maximum Gasteiger partial charge on any atom is 0.345 e. The van der Waals surface area contributed by atoms with Crippen LogP contribution in [0, 0.1) is 6.92 Å². The highest BCUT2D eigenvalue weighted by molar-refractivity contribution is 5.86. The van der Waals surface area contributed by atoms with Gasteiger partial charge in [0, 0.05) is 29.3 Å². The standard InChI is InChI=1S/C21H20N4O3/c1-13-16-11-14(7-8-17(16)25-24-13)18-12-19(23-21(26)22-18)15-5-3-4-6-20(15)28-10-9-27-2/h3-8,11-12H,9-10H2,1-2H3,(H,24,25)(H,22,23,26). The molecule has 4 rings (SSSR count). The molecule has 0 atom stereocenters. The second-order valence-corrected chi connectivity index (χ2v) is 6.40. The number of methoxy groups -OCH3 is 1. The van der Waals surface area contributed by atoms with Crippen molar-refractivity contribution in [3.8, 4) is 28.3 Å². The number of nitrogens with one attached hydrogen (secondary N) is 2. The molecule has 0 spiro atoms. The van der Waals surface area contributed by atoms with Crippen LogP contribution in [0.5, 0.6) is 5.75 Å². The molecule has 0 unspecified atom stereocenters. The summed E-state index contributed by atoms with van der Waals surface area (Å²) in [6.45, 7) is 2.87. The molecule has 0 radical (unpaired) electrons. The van der Waals surface area contributed by atoms with Gasteiger partial charge >= 0.3 is 5.69 Å². The molecule has 2 aromatic carbocycles. The second kappa shape index (κ2) is 7.66. The molecule has 0 amide bonds. The number of hydrogen-bond acceptors (Lipinski definition) is 5. The van der Waals surface area contributed by atoms with E-state index in [0.717, 1.165) is 27.7 Å². The Morgan fingerprint density at radius 1 is 1.07 bits per heavy atom. The number of H-pyrrole nitrogens is 2. The highest BCUT2D eigenvalue weighted by Crippen LogP contribution is 2.30. The van der Waals surface area contributed by atoms with E-state index in [4.69, 9.17) is 9.47 Å². The molecule has 0 aliphatic carbocycles. The van der Waals surface area contributed by atoms with Crippen LogP contribution in [0.15, 0.2) is 53.3 Å². The van der Waals surface area contributed by atoms with Gasteiger partial charge in [0.25, 0.3) is 0 Å². The van der Waals surface area contributed by atoms with Crippen molar-refractivity contribution in [2.45, 2.75) is 6.92 Å². The number of ether oxygens (including phenoxy) is 2. The monoisotopic (exact) mass is 376 g/mol. The van der Waals surface area contributed by atoms with Crippen molar-refractivity contribution >= 4 is 10.9 Å². The number of para-hydroxylation sites is 1. The van der Waals surface area contributed by atoms with Gasteiger partial charge in [-0.2, -0.15) is 10.1 Å². The Morgan fingerprint density at radius 2 is 1.93 bits per heavy atom. The molecule has 0 bridgehead atoms. The third kappa shape index (κ3) is 3.52. The number of aryl methyl sites for hydroxylation is 1. The van der Waals surface area contributed by atoms with Crippen molar-refractivity contribution in [3.63, 3.8) is 0 Å². The topological polar surface area (TPSA) is 92.9 Å². The third-order valence-electron chi connectivity index (χ3n) is 4.51. The van der Waals surface area contributed by atoms with Gasteiger partial charge in [0.15, 0.2) is 0 Å². The lowest BCUT2D eigenvalue weighted by atomic mass is 10.0. The first-order valence-corrected chi connectivity index (χ1v) is 8.93. The summed E-state index contributed by atoms with van der Waals surface area (Å²) in [7, 11) is 1.63. The quantitative estimate of drug-likeness (QED) is 0.504. The van der Waals surface area contributed by atoms with E-state index in [2.05, 4.69) is 20.2 Å². The van der Waals surface area contributed by atoms with Crippen LogP contribution in [0.1, 0.15) is 5.69 Å². The third-order valence-corrected chi connectivity index (χ3v) is 4.51. The summed E-state index contributed by atoms with van der Waals surface area (Å²) in [4.78, 5) is 19.2. The van der Waals surface area contributed by atoms with Crippen LogP contribution in [0.25, 0.3) is 33.4 Å². The largest absolute Gasteiger partial charge is 0.490 e. The van der Waals surface area contributed by atoms with E-state index >= 15 is 0 Å². The fourth-order valence-corrected chi connectivity index (χ4v) is 3.10. The van der Waals surface area contributed by atoms with E-state index in [1.54, 1.807) is 7.11 Å². The summed E-state index contributed by atoms with van der Waals surface area (Å²) in [5.74, 6) is 0.675. The Balaban J connectivity index is 1.77. The Bertz CT molecular complexity index is 1180. The fraction of sp³-hybridized carbons (Fsp3) is 0.190. The minimum atomic E-state index is -0.414. The van der Waals surface area contributed by atoms with Crippen LogP contribution in [0.3, 0.4) is 0 Å². The Hall–Kier alpha value is -3.45. The summed E-state index contributed by atoms with van der Waals surface area (Å²) in [6.07, 6.45) is 0. The smallest absolute Gasteiger partial charge is 0.345 e. The van der Waals surface area contributed by atoms with Crippen molar-refractivity contribution < 1.29 is 9.47 Å². The first kappa shape index (κ1) is 17.9. The van der Waals surface area contributed by atoms with Crippen LogP contribution >= 0.6 is 0 Å². The maximum atomic E-state index is 12.3. The number of aromatic nitrogens is 4. The van der Waals surface area contributed by atoms with Crippen LogP contribution in [0.2, 0.25) is 0 Å². The molecule has 0 saturated carbocycles. The molecular weight excluding hydrogens is 356 g/mol. The fourth-order valence-electron chi connectivity index (χ4n) is 3.10. The minimum absolute atomic E-state index is 0.414. The van der Waals surface area contributed by atoms with Gasteiger partial charge in [-0.25, -0.2) is 4.79 Å². The zero-order valence-electron chi connectivity index (χ0n) is 15.7. The lowest BCUT2D eigenvalue weighted by molar-refractivity contribution is 0.146. The molecule has 142 valence electrons. The number of fused-ring (bicyclic) bond motifs is 1. The van der Waals surface area contributed by atoms with Crippen molar-refractivity contribution in [2.24, 2.45) is 0 Å². The van der Waals surface area contributed by atoms with Crippen LogP contribution in [-0.4, -0.2) is 40.5 Å². The van der Waals surface area contributed by atoms with Crippen molar-refractivity contribution in [2.75, 3.05) is 20.3 Å². The van der Waals surface area contributed by atoms with E-state index in [1.807, 2.05) is 55.5 Å². The second-order valence-electron chi connectivity index (χ2n) is 6.40. The first-order valence-electron chi connectivity index (χ1n) is 8.93. The van der Waals surface area contributed by atoms with Gasteiger partial charge < -0.3 is 14.5 Å². The number of rotatable bonds is 6. The lowest BCUT2D eigenvalue weighted by Crippen LogP contribution is -2.12. The molecule has 28 heavy (non-hydrogen) atoms. The van der Waals surface area contributed by atoms with Crippen LogP contribution < -0.4 is 10.4 Å². The molecule has 2 N–H and O–H groups in total. The highest BCUT2D eigenvalue weighted by Gasteiger charge is 2.11. The summed E-state index contributed by atoms with van der Waals surface area (Å²) in [5.41, 5.74) is 4.31. The van der Waals surface area contributed by atoms with E-state index in [9.17, 15) is 4.79 Å². The zero-order chi connectivity index (χ0) is 19.5. The zero-order valence-corrected chi connectivity index (χ0v) is 15.7. The Kier molecular flexibility index (Phi) is 4.90. The molecule has 4 aromatic rings. The van der Waals surface area contributed by atoms with E-state index in [0.29, 0.717) is 30.4 Å². The van der Waals surface area contributed by atoms with Crippen LogP contribution in [-0.2, 0) is 4.74 Å². The highest BCUT2D eigenvalue weighted by atomic mass is 16.5. The molecule has 0 saturated heterocycles. The Labute approximate surface area is 161 Å². The molecule has 0 aliphatic rings. The maximum absolute atomic E-state index is 12.3. The van der Waals surface area contributed by atoms with E-state index in [1.165, 1.54) is 0 Å². The first-order chi connectivity index (χ1) is 13.7. The molecule has 0 aliphatic heterocycles. The van der Waals surface area contributed by atoms with Crippen molar-refractivity contribution in [1.82, 2.24) is 20.2 Å². The van der Waals surface area contributed by atoms with Gasteiger partial charge in [-0.3, -0.25) is 5.10 Å². The Morgan fingerprint density at radius 3 is 2.79 bits per heavy atom. The van der Waals surface area contributed by atoms with Gasteiger partial charge in [-0.1, -0.05) is 18.2 Å². The molecule has 2 heterocycles. The molecule has 7 nitrogen and oxygen atoms in total.